The van der Waals surface area contributed by atoms with Gasteiger partial charge in [-0.15, -0.1) is 0 Å². The van der Waals surface area contributed by atoms with Crippen molar-refractivity contribution in [2.75, 3.05) is 0 Å². The van der Waals surface area contributed by atoms with Gasteiger partial charge in [-0.25, -0.2) is 13.2 Å². The third-order valence-electron chi connectivity index (χ3n) is 3.93. The minimum absolute atomic E-state index is 0.0167. The number of carboxylic acid groups (broad SMARTS) is 1. The first-order chi connectivity index (χ1) is 14.2. The number of halogens is 2. The molecule has 154 valence electrons. The highest BCUT2D eigenvalue weighted by Gasteiger charge is 2.22. The van der Waals surface area contributed by atoms with Crippen molar-refractivity contribution in [3.05, 3.63) is 82.3 Å². The van der Waals surface area contributed by atoms with E-state index in [1.165, 1.54) is 48.5 Å². The number of carboxylic acids is 1. The second-order valence-corrected chi connectivity index (χ2v) is 8.77. The maximum absolute atomic E-state index is 12.8. The van der Waals surface area contributed by atoms with Gasteiger partial charge in [0, 0.05) is 12.1 Å². The van der Waals surface area contributed by atoms with Crippen LogP contribution in [0.25, 0.3) is 6.08 Å². The first kappa shape index (κ1) is 21.7. The van der Waals surface area contributed by atoms with Crippen LogP contribution >= 0.6 is 23.2 Å². The van der Waals surface area contributed by atoms with E-state index in [0.717, 1.165) is 6.08 Å². The van der Waals surface area contributed by atoms with Crippen LogP contribution < -0.4 is 4.74 Å². The fraction of sp³-hybridized carbons (Fsp3) is 0. The number of rotatable bonds is 6. The summed E-state index contributed by atoms with van der Waals surface area (Å²) in [7, 11) is -3.99. The number of aliphatic carboxylic acids is 1. The molecule has 0 spiro atoms. The largest absolute Gasteiger partial charge is 0.507 e. The predicted octanol–water partition coefficient (Wildman–Crippen LogP) is 5.42. The van der Waals surface area contributed by atoms with Gasteiger partial charge in [0.2, 0.25) is 9.84 Å². The van der Waals surface area contributed by atoms with Crippen molar-refractivity contribution in [1.29, 1.82) is 0 Å². The minimum atomic E-state index is -3.99. The lowest BCUT2D eigenvalue weighted by molar-refractivity contribution is -0.131. The molecule has 0 aromatic heterocycles. The van der Waals surface area contributed by atoms with Gasteiger partial charge in [0.05, 0.1) is 14.9 Å². The SMILES string of the molecule is O=C(O)/C=C/c1cc(Cl)c(Oc2ccc(O)c(S(=O)(=O)c3ccccc3)c2)c(Cl)c1. The molecule has 3 aromatic carbocycles. The highest BCUT2D eigenvalue weighted by atomic mass is 35.5. The summed E-state index contributed by atoms with van der Waals surface area (Å²) in [6.07, 6.45) is 2.25. The van der Waals surface area contributed by atoms with E-state index in [9.17, 15) is 18.3 Å². The normalized spacial score (nSPS) is 11.5. The first-order valence-electron chi connectivity index (χ1n) is 8.39. The van der Waals surface area contributed by atoms with Crippen molar-refractivity contribution in [3.8, 4) is 17.2 Å². The molecule has 0 aliphatic heterocycles. The van der Waals surface area contributed by atoms with Crippen molar-refractivity contribution in [1.82, 2.24) is 0 Å². The van der Waals surface area contributed by atoms with Crippen LogP contribution in [0.4, 0.5) is 0 Å². The van der Waals surface area contributed by atoms with Gasteiger partial charge in [-0.1, -0.05) is 41.4 Å². The van der Waals surface area contributed by atoms with Gasteiger partial charge >= 0.3 is 5.97 Å². The van der Waals surface area contributed by atoms with E-state index in [1.54, 1.807) is 18.2 Å². The number of hydrogen-bond acceptors (Lipinski definition) is 5. The molecule has 0 fully saturated rings. The Labute approximate surface area is 182 Å². The van der Waals surface area contributed by atoms with E-state index in [1.807, 2.05) is 0 Å². The number of ether oxygens (including phenoxy) is 1. The third-order valence-corrected chi connectivity index (χ3v) is 6.29. The maximum atomic E-state index is 12.8. The molecule has 0 unspecified atom stereocenters. The van der Waals surface area contributed by atoms with E-state index in [2.05, 4.69) is 0 Å². The lowest BCUT2D eigenvalue weighted by atomic mass is 10.2. The molecule has 0 amide bonds. The summed E-state index contributed by atoms with van der Waals surface area (Å²) >= 11 is 12.4. The molecule has 0 heterocycles. The van der Waals surface area contributed by atoms with Crippen LogP contribution in [0.3, 0.4) is 0 Å². The summed E-state index contributed by atoms with van der Waals surface area (Å²) in [6.45, 7) is 0. The van der Waals surface area contributed by atoms with Crippen LogP contribution in [0, 0.1) is 0 Å². The molecule has 2 N–H and O–H groups in total. The van der Waals surface area contributed by atoms with Crippen molar-refractivity contribution in [3.63, 3.8) is 0 Å². The molecule has 6 nitrogen and oxygen atoms in total. The van der Waals surface area contributed by atoms with Crippen LogP contribution in [0.15, 0.2) is 76.5 Å². The summed E-state index contributed by atoms with van der Waals surface area (Å²) in [5.41, 5.74) is 0.442. The molecule has 0 saturated heterocycles. The lowest BCUT2D eigenvalue weighted by Crippen LogP contribution is -2.02. The summed E-state index contributed by atoms with van der Waals surface area (Å²) in [4.78, 5) is 10.3. The van der Waals surface area contributed by atoms with E-state index in [4.69, 9.17) is 33.0 Å². The van der Waals surface area contributed by atoms with Crippen LogP contribution in [-0.4, -0.2) is 24.6 Å². The Hall–Kier alpha value is -3.00. The fourth-order valence-electron chi connectivity index (χ4n) is 2.56. The van der Waals surface area contributed by atoms with E-state index in [0.29, 0.717) is 5.56 Å². The molecule has 30 heavy (non-hydrogen) atoms. The Balaban J connectivity index is 1.98. The Kier molecular flexibility index (Phi) is 6.36. The van der Waals surface area contributed by atoms with Crippen molar-refractivity contribution < 1.29 is 28.2 Å². The zero-order valence-electron chi connectivity index (χ0n) is 15.1. The summed E-state index contributed by atoms with van der Waals surface area (Å²) in [5.74, 6) is -1.42. The third kappa shape index (κ3) is 4.76. The van der Waals surface area contributed by atoms with Gasteiger partial charge < -0.3 is 14.9 Å². The van der Waals surface area contributed by atoms with Crippen molar-refractivity contribution in [2.24, 2.45) is 0 Å². The average Bonchev–Trinajstić information content (AvgIpc) is 2.71. The molecular formula is C21H14Cl2O6S. The van der Waals surface area contributed by atoms with E-state index >= 15 is 0 Å². The molecule has 9 heteroatoms. The fourth-order valence-corrected chi connectivity index (χ4v) is 4.52. The van der Waals surface area contributed by atoms with Gasteiger partial charge in [0.15, 0.2) is 5.75 Å². The van der Waals surface area contributed by atoms with Crippen LogP contribution in [0.1, 0.15) is 5.56 Å². The Morgan fingerprint density at radius 1 is 0.967 bits per heavy atom. The topological polar surface area (TPSA) is 101 Å². The molecular weight excluding hydrogens is 451 g/mol. The molecule has 0 aliphatic rings. The zero-order chi connectivity index (χ0) is 21.9. The van der Waals surface area contributed by atoms with Crippen LogP contribution in [0.5, 0.6) is 17.2 Å². The number of benzene rings is 3. The molecule has 0 aliphatic carbocycles. The summed E-state index contributed by atoms with van der Waals surface area (Å²) < 4.78 is 31.4. The number of phenols is 1. The first-order valence-corrected chi connectivity index (χ1v) is 10.6. The molecule has 3 rings (SSSR count). The highest BCUT2D eigenvalue weighted by molar-refractivity contribution is 7.91. The minimum Gasteiger partial charge on any atom is -0.507 e. The van der Waals surface area contributed by atoms with Crippen molar-refractivity contribution >= 4 is 45.1 Å². The second kappa shape index (κ2) is 8.79. The Morgan fingerprint density at radius 2 is 1.60 bits per heavy atom. The highest BCUT2D eigenvalue weighted by Crippen LogP contribution is 2.40. The lowest BCUT2D eigenvalue weighted by Gasteiger charge is -2.13. The standard InChI is InChI=1S/C21H14Cl2O6S/c22-16-10-13(6-9-20(25)26)11-17(23)21(16)29-14-7-8-18(24)19(12-14)30(27,28)15-4-2-1-3-5-15/h1-12,24H,(H,25,26)/b9-6+. The molecule has 3 aromatic rings. The van der Waals surface area contributed by atoms with Crippen LogP contribution in [-0.2, 0) is 14.6 Å². The molecule has 0 atom stereocenters. The zero-order valence-corrected chi connectivity index (χ0v) is 17.4. The smallest absolute Gasteiger partial charge is 0.328 e. The monoisotopic (exact) mass is 464 g/mol. The van der Waals surface area contributed by atoms with Gasteiger partial charge in [-0.2, -0.15) is 0 Å². The predicted molar refractivity (Wildman–Crippen MR) is 113 cm³/mol. The molecule has 0 saturated carbocycles. The van der Waals surface area contributed by atoms with Gasteiger partial charge in [-0.3, -0.25) is 0 Å². The van der Waals surface area contributed by atoms with E-state index < -0.39 is 21.6 Å². The maximum Gasteiger partial charge on any atom is 0.328 e. The Morgan fingerprint density at radius 3 is 2.20 bits per heavy atom. The quantitative estimate of drug-likeness (QED) is 0.472. The molecule has 0 radical (unpaired) electrons. The Bertz CT molecular complexity index is 1210. The summed E-state index contributed by atoms with van der Waals surface area (Å²) in [5, 5.41) is 19.0. The average molecular weight is 465 g/mol. The number of aromatic hydroxyl groups is 1. The number of hydrogen-bond donors (Lipinski definition) is 2. The second-order valence-electron chi connectivity index (χ2n) is 6.03. The van der Waals surface area contributed by atoms with Crippen LogP contribution in [0.2, 0.25) is 10.0 Å². The van der Waals surface area contributed by atoms with Gasteiger partial charge in [-0.05, 0) is 48.0 Å². The van der Waals surface area contributed by atoms with E-state index in [-0.39, 0.29) is 31.3 Å². The number of carbonyl (C=O) groups is 1. The van der Waals surface area contributed by atoms with Crippen molar-refractivity contribution in [2.45, 2.75) is 9.79 Å². The van der Waals surface area contributed by atoms with Gasteiger partial charge in [0.25, 0.3) is 0 Å². The number of sulfone groups is 1. The molecule has 0 bridgehead atoms. The number of phenolic OH excluding ortho intramolecular Hbond substituents is 1. The summed E-state index contributed by atoms with van der Waals surface area (Å²) in [6, 6.07) is 14.3. The van der Waals surface area contributed by atoms with Gasteiger partial charge in [0.1, 0.15) is 16.4 Å².